The Kier molecular flexibility index (Phi) is 4.60. The highest BCUT2D eigenvalue weighted by Gasteiger charge is 2.22. The highest BCUT2D eigenvalue weighted by atomic mass is 16.6. The van der Waals surface area contributed by atoms with Gasteiger partial charge in [0, 0.05) is 7.05 Å². The SMILES string of the molecule is COC(=O)c1ccc(N)c(N(C)C(=O)OC(C)(C)C)c1. The molecule has 6 heteroatoms. The fourth-order valence-corrected chi connectivity index (χ4v) is 1.51. The number of nitrogens with zero attached hydrogens (tertiary/aromatic N) is 1. The zero-order valence-corrected chi connectivity index (χ0v) is 12.4. The number of hydrogen-bond acceptors (Lipinski definition) is 5. The number of nitrogens with two attached hydrogens (primary N) is 1. The van der Waals surface area contributed by atoms with Gasteiger partial charge in [-0.15, -0.1) is 0 Å². The van der Waals surface area contributed by atoms with E-state index in [1.165, 1.54) is 31.2 Å². The third-order valence-electron chi connectivity index (χ3n) is 2.48. The molecule has 0 radical (unpaired) electrons. The lowest BCUT2D eigenvalue weighted by molar-refractivity contribution is 0.0580. The van der Waals surface area contributed by atoms with Gasteiger partial charge in [-0.1, -0.05) is 0 Å². The lowest BCUT2D eigenvalue weighted by Crippen LogP contribution is -2.34. The summed E-state index contributed by atoms with van der Waals surface area (Å²) in [5, 5.41) is 0. The molecule has 1 aromatic carbocycles. The predicted octanol–water partition coefficient (Wildman–Crippen LogP) is 2.43. The number of carbonyl (C=O) groups excluding carboxylic acids is 2. The molecule has 1 rings (SSSR count). The van der Waals surface area contributed by atoms with E-state index < -0.39 is 17.7 Å². The molecule has 0 fully saturated rings. The first kappa shape index (κ1) is 15.8. The quantitative estimate of drug-likeness (QED) is 0.664. The van der Waals surface area contributed by atoms with Gasteiger partial charge in [0.15, 0.2) is 0 Å². The second kappa shape index (κ2) is 5.81. The Labute approximate surface area is 118 Å². The summed E-state index contributed by atoms with van der Waals surface area (Å²) in [6.45, 7) is 5.31. The lowest BCUT2D eigenvalue weighted by atomic mass is 10.1. The molecule has 20 heavy (non-hydrogen) atoms. The standard InChI is InChI=1S/C14H20N2O4/c1-14(2,3)20-13(18)16(4)11-8-9(12(17)19-5)6-7-10(11)15/h6-8H,15H2,1-5H3. The van der Waals surface area contributed by atoms with Crippen LogP contribution in [0.1, 0.15) is 31.1 Å². The molecule has 0 atom stereocenters. The molecule has 0 bridgehead atoms. The van der Waals surface area contributed by atoms with Gasteiger partial charge in [-0.2, -0.15) is 0 Å². The van der Waals surface area contributed by atoms with E-state index in [0.29, 0.717) is 16.9 Å². The maximum absolute atomic E-state index is 12.0. The Hall–Kier alpha value is -2.24. The predicted molar refractivity (Wildman–Crippen MR) is 76.8 cm³/mol. The summed E-state index contributed by atoms with van der Waals surface area (Å²) in [7, 11) is 2.82. The van der Waals surface area contributed by atoms with Crippen LogP contribution in [0, 0.1) is 0 Å². The molecule has 0 saturated carbocycles. The van der Waals surface area contributed by atoms with Crippen molar-refractivity contribution in [3.05, 3.63) is 23.8 Å². The van der Waals surface area contributed by atoms with Crippen LogP contribution in [0.2, 0.25) is 0 Å². The minimum absolute atomic E-state index is 0.312. The van der Waals surface area contributed by atoms with E-state index in [1.807, 2.05) is 0 Å². The number of methoxy groups -OCH3 is 1. The topological polar surface area (TPSA) is 81.9 Å². The van der Waals surface area contributed by atoms with Crippen molar-refractivity contribution < 1.29 is 19.1 Å². The van der Waals surface area contributed by atoms with Crippen molar-refractivity contribution >= 4 is 23.4 Å². The molecule has 6 nitrogen and oxygen atoms in total. The van der Waals surface area contributed by atoms with E-state index in [2.05, 4.69) is 4.74 Å². The Balaban J connectivity index is 3.06. The number of nitrogen functional groups attached to an aromatic ring is 1. The highest BCUT2D eigenvalue weighted by Crippen LogP contribution is 2.25. The first-order valence-electron chi connectivity index (χ1n) is 6.10. The van der Waals surface area contributed by atoms with Crippen LogP contribution >= 0.6 is 0 Å². The zero-order chi connectivity index (χ0) is 15.5. The van der Waals surface area contributed by atoms with E-state index in [9.17, 15) is 9.59 Å². The number of ether oxygens (including phenoxy) is 2. The molecule has 0 aliphatic heterocycles. The average molecular weight is 280 g/mol. The van der Waals surface area contributed by atoms with Crippen LogP contribution in [0.25, 0.3) is 0 Å². The normalized spacial score (nSPS) is 10.8. The van der Waals surface area contributed by atoms with Crippen molar-refractivity contribution in [1.29, 1.82) is 0 Å². The molecule has 2 N–H and O–H groups in total. The van der Waals surface area contributed by atoms with Gasteiger partial charge in [-0.25, -0.2) is 9.59 Å². The van der Waals surface area contributed by atoms with Crippen LogP contribution in [0.15, 0.2) is 18.2 Å². The molecular formula is C14H20N2O4. The van der Waals surface area contributed by atoms with Gasteiger partial charge in [0.25, 0.3) is 0 Å². The molecule has 1 aromatic rings. The smallest absolute Gasteiger partial charge is 0.414 e. The molecule has 0 spiro atoms. The Morgan fingerprint density at radius 2 is 1.85 bits per heavy atom. The number of rotatable bonds is 2. The van der Waals surface area contributed by atoms with Crippen molar-refractivity contribution in [2.75, 3.05) is 24.8 Å². The summed E-state index contributed by atoms with van der Waals surface area (Å²) < 4.78 is 9.89. The molecule has 1 amide bonds. The van der Waals surface area contributed by atoms with Crippen molar-refractivity contribution in [2.45, 2.75) is 26.4 Å². The van der Waals surface area contributed by atoms with Gasteiger partial charge < -0.3 is 15.2 Å². The molecular weight excluding hydrogens is 260 g/mol. The maximum atomic E-state index is 12.0. The van der Waals surface area contributed by atoms with Gasteiger partial charge in [0.1, 0.15) is 5.60 Å². The monoisotopic (exact) mass is 280 g/mol. The largest absolute Gasteiger partial charge is 0.465 e. The van der Waals surface area contributed by atoms with Crippen molar-refractivity contribution in [3.63, 3.8) is 0 Å². The molecule has 0 aliphatic carbocycles. The first-order chi connectivity index (χ1) is 9.15. The summed E-state index contributed by atoms with van der Waals surface area (Å²) in [5.41, 5.74) is 6.29. The van der Waals surface area contributed by atoms with Crippen LogP contribution in [-0.2, 0) is 9.47 Å². The molecule has 110 valence electrons. The van der Waals surface area contributed by atoms with Crippen molar-refractivity contribution in [3.8, 4) is 0 Å². The second-order valence-electron chi connectivity index (χ2n) is 5.30. The van der Waals surface area contributed by atoms with Crippen molar-refractivity contribution in [2.24, 2.45) is 0 Å². The number of anilines is 2. The Morgan fingerprint density at radius 3 is 2.35 bits per heavy atom. The van der Waals surface area contributed by atoms with Gasteiger partial charge in [0.05, 0.1) is 24.0 Å². The summed E-state index contributed by atoms with van der Waals surface area (Å²) >= 11 is 0. The summed E-state index contributed by atoms with van der Waals surface area (Å²) in [4.78, 5) is 24.8. The summed E-state index contributed by atoms with van der Waals surface area (Å²) in [6.07, 6.45) is -0.550. The fourth-order valence-electron chi connectivity index (χ4n) is 1.51. The van der Waals surface area contributed by atoms with Crippen LogP contribution < -0.4 is 10.6 Å². The molecule has 0 aromatic heterocycles. The summed E-state index contributed by atoms with van der Waals surface area (Å²) in [5.74, 6) is -0.496. The Morgan fingerprint density at radius 1 is 1.25 bits per heavy atom. The number of amides is 1. The third kappa shape index (κ3) is 3.88. The molecule has 0 aliphatic rings. The number of benzene rings is 1. The van der Waals surface area contributed by atoms with Crippen LogP contribution in [0.5, 0.6) is 0 Å². The molecule has 0 heterocycles. The van der Waals surface area contributed by atoms with Gasteiger partial charge in [-0.05, 0) is 39.0 Å². The number of hydrogen-bond donors (Lipinski definition) is 1. The van der Waals surface area contributed by atoms with Crippen LogP contribution in [0.3, 0.4) is 0 Å². The van der Waals surface area contributed by atoms with E-state index >= 15 is 0 Å². The van der Waals surface area contributed by atoms with Crippen LogP contribution in [0.4, 0.5) is 16.2 Å². The average Bonchev–Trinajstić information content (AvgIpc) is 2.35. The molecule has 0 saturated heterocycles. The fraction of sp³-hybridized carbons (Fsp3) is 0.429. The maximum Gasteiger partial charge on any atom is 0.414 e. The van der Waals surface area contributed by atoms with E-state index in [4.69, 9.17) is 10.5 Å². The van der Waals surface area contributed by atoms with E-state index in [1.54, 1.807) is 26.8 Å². The van der Waals surface area contributed by atoms with Crippen molar-refractivity contribution in [1.82, 2.24) is 0 Å². The van der Waals surface area contributed by atoms with E-state index in [0.717, 1.165) is 0 Å². The summed E-state index contributed by atoms with van der Waals surface area (Å²) in [6, 6.07) is 4.57. The van der Waals surface area contributed by atoms with Gasteiger partial charge in [0.2, 0.25) is 0 Å². The first-order valence-corrected chi connectivity index (χ1v) is 6.10. The highest BCUT2D eigenvalue weighted by molar-refractivity contribution is 5.96. The van der Waals surface area contributed by atoms with Gasteiger partial charge in [-0.3, -0.25) is 4.90 Å². The zero-order valence-electron chi connectivity index (χ0n) is 12.4. The number of carbonyl (C=O) groups is 2. The lowest BCUT2D eigenvalue weighted by Gasteiger charge is -2.25. The minimum atomic E-state index is -0.611. The minimum Gasteiger partial charge on any atom is -0.465 e. The van der Waals surface area contributed by atoms with E-state index in [-0.39, 0.29) is 0 Å². The van der Waals surface area contributed by atoms with Gasteiger partial charge >= 0.3 is 12.1 Å². The third-order valence-corrected chi connectivity index (χ3v) is 2.48. The molecule has 0 unspecified atom stereocenters. The second-order valence-corrected chi connectivity index (χ2v) is 5.30. The van der Waals surface area contributed by atoms with Crippen LogP contribution in [-0.4, -0.2) is 31.8 Å². The number of esters is 1. The Bertz CT molecular complexity index is 520.